The lowest BCUT2D eigenvalue weighted by Gasteiger charge is -2.24. The Bertz CT molecular complexity index is 974. The molecule has 2 aromatic rings. The number of hydrogen-bond acceptors (Lipinski definition) is 8. The molecular formula is C20H19N3O7. The molecule has 1 aromatic heterocycles. The minimum Gasteiger partial charge on any atom is -0.507 e. The molecular weight excluding hydrogens is 394 g/mol. The van der Waals surface area contributed by atoms with Gasteiger partial charge in [0.1, 0.15) is 11.8 Å². The topological polar surface area (TPSA) is 143 Å². The molecule has 10 nitrogen and oxygen atoms in total. The zero-order valence-corrected chi connectivity index (χ0v) is 15.8. The van der Waals surface area contributed by atoms with E-state index in [4.69, 9.17) is 9.84 Å². The zero-order chi connectivity index (χ0) is 21.7. The van der Waals surface area contributed by atoms with Gasteiger partial charge in [-0.25, -0.2) is 0 Å². The van der Waals surface area contributed by atoms with Crippen LogP contribution in [0.4, 0.5) is 5.69 Å². The van der Waals surface area contributed by atoms with Crippen LogP contribution in [0.15, 0.2) is 54.2 Å². The summed E-state index contributed by atoms with van der Waals surface area (Å²) in [7, 11) is 0. The van der Waals surface area contributed by atoms with E-state index in [1.807, 2.05) is 0 Å². The second kappa shape index (κ2) is 9.25. The molecule has 1 atom stereocenters. The largest absolute Gasteiger partial charge is 0.507 e. The number of Topliss-reactive ketones (excluding diaryl/α,β-unsaturated/α-hetero) is 1. The number of aliphatic hydroxyl groups is 2. The number of pyridine rings is 1. The summed E-state index contributed by atoms with van der Waals surface area (Å²) in [5.74, 6) is -2.15. The van der Waals surface area contributed by atoms with E-state index in [-0.39, 0.29) is 43.2 Å². The molecule has 1 amide bonds. The third-order valence-electron chi connectivity index (χ3n) is 4.57. The Kier molecular flexibility index (Phi) is 6.50. The van der Waals surface area contributed by atoms with Crippen LogP contribution >= 0.6 is 0 Å². The van der Waals surface area contributed by atoms with Gasteiger partial charge in [0, 0.05) is 30.4 Å². The van der Waals surface area contributed by atoms with E-state index in [1.54, 1.807) is 18.2 Å². The van der Waals surface area contributed by atoms with Crippen LogP contribution in [0.2, 0.25) is 0 Å². The molecule has 0 saturated carbocycles. The molecule has 1 saturated heterocycles. The van der Waals surface area contributed by atoms with Crippen LogP contribution in [0.5, 0.6) is 0 Å². The minimum absolute atomic E-state index is 0.0445. The minimum atomic E-state index is -0.945. The number of ether oxygens (including phenoxy) is 1. The molecule has 0 bridgehead atoms. The van der Waals surface area contributed by atoms with Gasteiger partial charge >= 0.3 is 0 Å². The highest BCUT2D eigenvalue weighted by Crippen LogP contribution is 2.38. The smallest absolute Gasteiger partial charge is 0.295 e. The Morgan fingerprint density at radius 3 is 2.50 bits per heavy atom. The number of likely N-dealkylation sites (tertiary alicyclic amines) is 1. The summed E-state index contributed by atoms with van der Waals surface area (Å²) in [6, 6.07) is 9.06. The monoisotopic (exact) mass is 413 g/mol. The van der Waals surface area contributed by atoms with E-state index in [9.17, 15) is 24.8 Å². The van der Waals surface area contributed by atoms with Crippen molar-refractivity contribution < 1.29 is 29.5 Å². The fraction of sp³-hybridized carbons (Fsp3) is 0.250. The van der Waals surface area contributed by atoms with Gasteiger partial charge in [0.2, 0.25) is 0 Å². The number of carbonyl (C=O) groups is 2. The Labute approximate surface area is 171 Å². The number of carbonyl (C=O) groups excluding carboxylic acids is 2. The van der Waals surface area contributed by atoms with Gasteiger partial charge in [0.05, 0.1) is 36.0 Å². The van der Waals surface area contributed by atoms with Crippen LogP contribution < -0.4 is 0 Å². The van der Waals surface area contributed by atoms with Gasteiger partial charge in [-0.1, -0.05) is 6.07 Å². The number of nitro groups is 1. The van der Waals surface area contributed by atoms with Crippen molar-refractivity contribution in [3.05, 3.63) is 75.6 Å². The number of benzene rings is 1. The van der Waals surface area contributed by atoms with Crippen LogP contribution in [0.25, 0.3) is 5.76 Å². The van der Waals surface area contributed by atoms with Crippen molar-refractivity contribution in [2.45, 2.75) is 6.04 Å². The van der Waals surface area contributed by atoms with Crippen LogP contribution in [0.1, 0.15) is 17.3 Å². The molecule has 0 aliphatic carbocycles. The first-order chi connectivity index (χ1) is 14.5. The number of amides is 1. The normalized spacial score (nSPS) is 18.0. The molecule has 30 heavy (non-hydrogen) atoms. The molecule has 0 unspecified atom stereocenters. The SMILES string of the molecule is O=C1C(=O)N(CCOCCO)[C@H](c2ccccn2)C1=C(O)c1ccc([N+](=O)[O-])cc1. The first-order valence-corrected chi connectivity index (χ1v) is 9.08. The van der Waals surface area contributed by atoms with E-state index >= 15 is 0 Å². The summed E-state index contributed by atoms with van der Waals surface area (Å²) in [5.41, 5.74) is 0.211. The highest BCUT2D eigenvalue weighted by Gasteiger charge is 2.46. The maximum Gasteiger partial charge on any atom is 0.295 e. The lowest BCUT2D eigenvalue weighted by molar-refractivity contribution is -0.384. The van der Waals surface area contributed by atoms with E-state index in [1.165, 1.54) is 35.4 Å². The van der Waals surface area contributed by atoms with Crippen molar-refractivity contribution in [3.8, 4) is 0 Å². The van der Waals surface area contributed by atoms with Crippen LogP contribution in [0, 0.1) is 10.1 Å². The first-order valence-electron chi connectivity index (χ1n) is 9.08. The average molecular weight is 413 g/mol. The summed E-state index contributed by atoms with van der Waals surface area (Å²) < 4.78 is 5.21. The molecule has 0 spiro atoms. The third kappa shape index (κ3) is 4.19. The van der Waals surface area contributed by atoms with E-state index in [0.717, 1.165) is 0 Å². The highest BCUT2D eigenvalue weighted by atomic mass is 16.6. The van der Waals surface area contributed by atoms with Gasteiger partial charge in [-0.2, -0.15) is 0 Å². The van der Waals surface area contributed by atoms with Crippen LogP contribution in [0.3, 0.4) is 0 Å². The number of hydrogen-bond donors (Lipinski definition) is 2. The molecule has 0 radical (unpaired) electrons. The average Bonchev–Trinajstić information content (AvgIpc) is 3.01. The second-order valence-electron chi connectivity index (χ2n) is 6.39. The maximum atomic E-state index is 12.8. The first kappa shape index (κ1) is 21.1. The van der Waals surface area contributed by atoms with Crippen LogP contribution in [-0.4, -0.2) is 63.1 Å². The molecule has 1 aliphatic rings. The highest BCUT2D eigenvalue weighted by molar-refractivity contribution is 6.46. The number of aromatic nitrogens is 1. The number of ketones is 1. The molecule has 1 fully saturated rings. The number of nitro benzene ring substituents is 1. The standard InChI is InChI=1S/C20H19N3O7/c24-10-12-30-11-9-22-17(15-3-1-2-8-21-15)16(19(26)20(22)27)18(25)13-4-6-14(7-5-13)23(28)29/h1-8,17,24-25H,9-12H2/t17-/m1/s1. The summed E-state index contributed by atoms with van der Waals surface area (Å²) in [4.78, 5) is 41.1. The fourth-order valence-corrected chi connectivity index (χ4v) is 3.18. The predicted molar refractivity (Wildman–Crippen MR) is 104 cm³/mol. The predicted octanol–water partition coefficient (Wildman–Crippen LogP) is 1.42. The summed E-state index contributed by atoms with van der Waals surface area (Å²) in [5, 5.41) is 30.5. The van der Waals surface area contributed by atoms with E-state index < -0.39 is 28.4 Å². The van der Waals surface area contributed by atoms with Gasteiger partial charge in [-0.05, 0) is 24.3 Å². The molecule has 1 aliphatic heterocycles. The molecule has 2 heterocycles. The van der Waals surface area contributed by atoms with Gasteiger partial charge < -0.3 is 19.8 Å². The molecule has 1 aromatic carbocycles. The number of non-ortho nitro benzene ring substituents is 1. The van der Waals surface area contributed by atoms with E-state index in [0.29, 0.717) is 5.69 Å². The number of aliphatic hydroxyl groups excluding tert-OH is 2. The van der Waals surface area contributed by atoms with Gasteiger partial charge in [-0.15, -0.1) is 0 Å². The lowest BCUT2D eigenvalue weighted by atomic mass is 9.98. The second-order valence-corrected chi connectivity index (χ2v) is 6.39. The van der Waals surface area contributed by atoms with Crippen molar-refractivity contribution in [1.82, 2.24) is 9.88 Å². The van der Waals surface area contributed by atoms with Crippen molar-refractivity contribution >= 4 is 23.1 Å². The quantitative estimate of drug-likeness (QED) is 0.165. The third-order valence-corrected chi connectivity index (χ3v) is 4.57. The van der Waals surface area contributed by atoms with Crippen molar-refractivity contribution in [1.29, 1.82) is 0 Å². The molecule has 2 N–H and O–H groups in total. The van der Waals surface area contributed by atoms with E-state index in [2.05, 4.69) is 4.98 Å². The summed E-state index contributed by atoms with van der Waals surface area (Å²) in [6.07, 6.45) is 1.50. The Morgan fingerprint density at radius 2 is 1.90 bits per heavy atom. The number of nitrogens with zero attached hydrogens (tertiary/aromatic N) is 3. The number of rotatable bonds is 8. The van der Waals surface area contributed by atoms with Gasteiger partial charge in [0.15, 0.2) is 0 Å². The fourth-order valence-electron chi connectivity index (χ4n) is 3.18. The summed E-state index contributed by atoms with van der Waals surface area (Å²) >= 11 is 0. The van der Waals surface area contributed by atoms with Crippen molar-refractivity contribution in [2.75, 3.05) is 26.4 Å². The van der Waals surface area contributed by atoms with Crippen LogP contribution in [-0.2, 0) is 14.3 Å². The zero-order valence-electron chi connectivity index (χ0n) is 15.8. The molecule has 156 valence electrons. The lowest BCUT2D eigenvalue weighted by Crippen LogP contribution is -2.33. The van der Waals surface area contributed by atoms with Gasteiger partial charge in [0.25, 0.3) is 17.4 Å². The van der Waals surface area contributed by atoms with Gasteiger partial charge in [-0.3, -0.25) is 24.7 Å². The Balaban J connectivity index is 2.03. The Hall–Kier alpha value is -3.63. The maximum absolute atomic E-state index is 12.8. The summed E-state index contributed by atoms with van der Waals surface area (Å²) in [6.45, 7) is 0.0287. The molecule has 3 rings (SSSR count). The van der Waals surface area contributed by atoms with Crippen molar-refractivity contribution in [3.63, 3.8) is 0 Å². The Morgan fingerprint density at radius 1 is 1.17 bits per heavy atom. The van der Waals surface area contributed by atoms with Crippen molar-refractivity contribution in [2.24, 2.45) is 0 Å². The molecule has 10 heteroatoms.